The van der Waals surface area contributed by atoms with Gasteiger partial charge in [-0.3, -0.25) is 43.3 Å². The third kappa shape index (κ3) is 17.3. The summed E-state index contributed by atoms with van der Waals surface area (Å²) < 4.78 is -1.40. The molecule has 440 valence electrons. The highest BCUT2D eigenvalue weighted by atomic mass is 33.1. The van der Waals surface area contributed by atoms with Gasteiger partial charge in [0.25, 0.3) is 0 Å². The molecule has 23 nitrogen and oxygen atoms in total. The highest BCUT2D eigenvalue weighted by Gasteiger charge is 2.42. The third-order valence-electron chi connectivity index (χ3n) is 14.1. The Bertz CT molecular complexity index is 3280. The fourth-order valence-electron chi connectivity index (χ4n) is 9.57. The number of carbonyl (C=O) groups excluding carboxylic acids is 8. The second-order valence-electron chi connectivity index (χ2n) is 20.9. The topological polar surface area (TPSA) is 389 Å². The highest BCUT2D eigenvalue weighted by Crippen LogP contribution is 2.39. The van der Waals surface area contributed by atoms with Gasteiger partial charge >= 0.3 is 0 Å². The van der Waals surface area contributed by atoms with Crippen molar-refractivity contribution < 1.29 is 43.5 Å². The summed E-state index contributed by atoms with van der Waals surface area (Å²) in [6.07, 6.45) is 1.74. The van der Waals surface area contributed by atoms with Crippen LogP contribution < -0.4 is 60.2 Å². The largest absolute Gasteiger partial charge is 0.391 e. The van der Waals surface area contributed by atoms with E-state index >= 15 is 19.2 Å². The van der Waals surface area contributed by atoms with Crippen molar-refractivity contribution in [2.75, 3.05) is 12.3 Å². The molecule has 0 bridgehead atoms. The molecule has 1 saturated heterocycles. The second kappa shape index (κ2) is 29.0. The molecule has 18 N–H and O–H groups in total. The van der Waals surface area contributed by atoms with E-state index in [1.54, 1.807) is 86.9 Å². The number of aliphatic imine (C=N–C) groups is 1. The Morgan fingerprint density at radius 3 is 1.69 bits per heavy atom. The number of guanidine groups is 1. The number of aliphatic hydroxyl groups is 1. The summed E-state index contributed by atoms with van der Waals surface area (Å²) >= 11 is 0. The first-order valence-electron chi connectivity index (χ1n) is 27.1. The SMILES string of the molecule is C[C@@H](O)[C@H](NC(=O)[C@@H]1NC(=O)[C@@H](Cc2c[nH]c3ccccc23)NC(=O)[C@H](CCCN=C(N)N)NC(=O)[C@H](Cc2c[nH]c3ccccc23)NC(=O)[C@H](Cc2ccccc2)NC(=O)[C@@H](NC(=O)[C@H](N)Cc2ccccc2)CSSC1(C)C)C(N)=O. The zero-order chi connectivity index (χ0) is 59.8. The first-order valence-corrected chi connectivity index (χ1v) is 29.4. The minimum absolute atomic E-state index is 0.0400. The maximum atomic E-state index is 15.1. The molecule has 8 amide bonds. The van der Waals surface area contributed by atoms with Gasteiger partial charge in [-0.25, -0.2) is 0 Å². The van der Waals surface area contributed by atoms with Gasteiger partial charge < -0.3 is 75.2 Å². The van der Waals surface area contributed by atoms with Crippen LogP contribution in [0.2, 0.25) is 0 Å². The molecule has 3 heterocycles. The number of aromatic amines is 2. The number of amides is 8. The number of carbonyl (C=O) groups is 8. The number of hydrogen-bond acceptors (Lipinski definition) is 13. The quantitative estimate of drug-likeness (QED) is 0.0244. The van der Waals surface area contributed by atoms with Gasteiger partial charge in [-0.2, -0.15) is 0 Å². The molecule has 6 aromatic rings. The van der Waals surface area contributed by atoms with E-state index in [2.05, 4.69) is 52.2 Å². The van der Waals surface area contributed by atoms with Gasteiger partial charge in [0, 0.05) is 70.5 Å². The van der Waals surface area contributed by atoms with Crippen molar-refractivity contribution in [1.29, 1.82) is 0 Å². The van der Waals surface area contributed by atoms with Crippen LogP contribution in [-0.2, 0) is 64.0 Å². The number of nitrogens with two attached hydrogens (primary N) is 4. The summed E-state index contributed by atoms with van der Waals surface area (Å²) in [5.74, 6) is -7.22. The van der Waals surface area contributed by atoms with Crippen LogP contribution in [0.25, 0.3) is 21.8 Å². The van der Waals surface area contributed by atoms with E-state index in [1.165, 1.54) is 6.92 Å². The van der Waals surface area contributed by atoms with Crippen LogP contribution in [0.3, 0.4) is 0 Å². The summed E-state index contributed by atoms with van der Waals surface area (Å²) in [5.41, 5.74) is 27.5. The van der Waals surface area contributed by atoms with Gasteiger partial charge in [0.2, 0.25) is 47.3 Å². The molecule has 9 atom stereocenters. The van der Waals surface area contributed by atoms with Crippen LogP contribution in [0.15, 0.2) is 127 Å². The molecular formula is C58H72N14O9S2. The van der Waals surface area contributed by atoms with Gasteiger partial charge in [0.15, 0.2) is 5.96 Å². The van der Waals surface area contributed by atoms with Crippen molar-refractivity contribution in [2.24, 2.45) is 27.9 Å². The highest BCUT2D eigenvalue weighted by molar-refractivity contribution is 8.77. The third-order valence-corrected chi connectivity index (χ3v) is 17.4. The van der Waals surface area contributed by atoms with Gasteiger partial charge in [-0.1, -0.05) is 119 Å². The lowest BCUT2D eigenvalue weighted by atomic mass is 9.98. The minimum atomic E-state index is -1.61. The molecule has 2 aromatic heterocycles. The number of aliphatic hydroxyl groups excluding tert-OH is 1. The molecular weight excluding hydrogens is 1100 g/mol. The first kappa shape index (κ1) is 62.2. The molecule has 1 aliphatic rings. The molecule has 83 heavy (non-hydrogen) atoms. The Morgan fingerprint density at radius 1 is 0.663 bits per heavy atom. The first-order chi connectivity index (χ1) is 39.7. The van der Waals surface area contributed by atoms with Crippen molar-refractivity contribution >= 4 is 96.6 Å². The Hall–Kier alpha value is -8.39. The fraction of sp³-hybridized carbons (Fsp3) is 0.362. The van der Waals surface area contributed by atoms with E-state index < -0.39 is 106 Å². The van der Waals surface area contributed by atoms with Gasteiger partial charge in [-0.15, -0.1) is 0 Å². The van der Waals surface area contributed by atoms with Crippen LogP contribution in [0, 0.1) is 0 Å². The summed E-state index contributed by atoms with van der Waals surface area (Å²) in [6.45, 7) is 4.50. The molecule has 0 aliphatic carbocycles. The van der Waals surface area contributed by atoms with Crippen molar-refractivity contribution in [3.8, 4) is 0 Å². The van der Waals surface area contributed by atoms with Crippen molar-refractivity contribution in [1.82, 2.24) is 47.2 Å². The number of H-pyrrole nitrogens is 2. The van der Waals surface area contributed by atoms with Crippen LogP contribution in [0.1, 0.15) is 55.9 Å². The summed E-state index contributed by atoms with van der Waals surface area (Å²) in [7, 11) is 2.07. The number of fused-ring (bicyclic) bond motifs is 2. The average molecular weight is 1170 g/mol. The number of rotatable bonds is 18. The molecule has 0 saturated carbocycles. The van der Waals surface area contributed by atoms with Crippen LogP contribution in [0.5, 0.6) is 0 Å². The Balaban J connectivity index is 1.34. The zero-order valence-electron chi connectivity index (χ0n) is 46.2. The van der Waals surface area contributed by atoms with E-state index in [0.29, 0.717) is 16.7 Å². The molecule has 1 fully saturated rings. The smallest absolute Gasteiger partial charge is 0.244 e. The van der Waals surface area contributed by atoms with Crippen molar-refractivity contribution in [3.63, 3.8) is 0 Å². The molecule has 0 unspecified atom stereocenters. The summed E-state index contributed by atoms with van der Waals surface area (Å²) in [6, 6.07) is 21.1. The predicted octanol–water partition coefficient (Wildman–Crippen LogP) is 0.734. The fourth-order valence-corrected chi connectivity index (χ4v) is 12.4. The Labute approximate surface area is 487 Å². The second-order valence-corrected chi connectivity index (χ2v) is 23.9. The molecule has 7 rings (SSSR count). The lowest BCUT2D eigenvalue weighted by Crippen LogP contribution is -2.64. The van der Waals surface area contributed by atoms with Gasteiger partial charge in [0.1, 0.15) is 42.3 Å². The normalized spacial score (nSPS) is 21.4. The van der Waals surface area contributed by atoms with Crippen molar-refractivity contribution in [2.45, 2.75) is 118 Å². The lowest BCUT2D eigenvalue weighted by Gasteiger charge is -2.35. The monoisotopic (exact) mass is 1170 g/mol. The Kier molecular flexibility index (Phi) is 21.8. The average Bonchev–Trinajstić information content (AvgIpc) is 4.34. The lowest BCUT2D eigenvalue weighted by molar-refractivity contribution is -0.136. The maximum absolute atomic E-state index is 15.1. The standard InChI is InChI=1S/C58H72N14O9S2/c1-32(73)47(49(60)74)71-56(81)48-58(2,3)83-82-31-46(70-50(75)39(59)25-33-15-6-4-7-16-33)55(80)67-43(26-34-17-8-5-9-18-34)52(77)69-44(27-35-29-64-40-21-12-10-19-37(35)40)53(78)66-42(23-14-24-63-57(61)62)51(76)68-45(54(79)72-48)28-36-30-65-41-22-13-11-20-38(36)41/h4-13,15-22,29-30,32,39,42-48,64-65,73H,14,23-28,31,59H2,1-3H3,(H2,60,74)(H,66,78)(H,67,80)(H,68,76)(H,69,77)(H,70,75)(H,71,81)(H,72,79)(H4,61,62,63)/t32-,39-,42+,43+,44+,45-,46+,47+,48+/m1/s1. The van der Waals surface area contributed by atoms with Crippen LogP contribution in [0.4, 0.5) is 0 Å². The van der Waals surface area contributed by atoms with Crippen LogP contribution in [-0.4, -0.2) is 140 Å². The van der Waals surface area contributed by atoms with E-state index in [9.17, 15) is 24.3 Å². The predicted molar refractivity (Wildman–Crippen MR) is 321 cm³/mol. The summed E-state index contributed by atoms with van der Waals surface area (Å²) in [4.78, 5) is 127. The van der Waals surface area contributed by atoms with E-state index in [4.69, 9.17) is 22.9 Å². The summed E-state index contributed by atoms with van der Waals surface area (Å²) in [5, 5.41) is 31.5. The number of para-hydroxylation sites is 2. The molecule has 0 spiro atoms. The van der Waals surface area contributed by atoms with E-state index in [1.807, 2.05) is 48.5 Å². The molecule has 25 heteroatoms. The number of hydrogen-bond donors (Lipinski definition) is 14. The molecule has 0 radical (unpaired) electrons. The Morgan fingerprint density at radius 2 is 1.14 bits per heavy atom. The number of primary amides is 1. The van der Waals surface area contributed by atoms with E-state index in [-0.39, 0.29) is 56.8 Å². The number of nitrogens with one attached hydrogen (secondary N) is 9. The van der Waals surface area contributed by atoms with Gasteiger partial charge in [-0.05, 0) is 74.4 Å². The van der Waals surface area contributed by atoms with Gasteiger partial charge in [0.05, 0.1) is 12.1 Å². The number of aromatic nitrogens is 2. The van der Waals surface area contributed by atoms with Crippen molar-refractivity contribution in [3.05, 3.63) is 144 Å². The maximum Gasteiger partial charge on any atom is 0.244 e. The number of nitrogens with zero attached hydrogens (tertiary/aromatic N) is 1. The molecule has 1 aliphatic heterocycles. The number of benzene rings is 4. The zero-order valence-corrected chi connectivity index (χ0v) is 47.8. The van der Waals surface area contributed by atoms with E-state index in [0.717, 1.165) is 49.0 Å². The molecule has 4 aromatic carbocycles. The van der Waals surface area contributed by atoms with Crippen LogP contribution >= 0.6 is 21.6 Å². The minimum Gasteiger partial charge on any atom is -0.391 e.